The summed E-state index contributed by atoms with van der Waals surface area (Å²) < 4.78 is 0. The summed E-state index contributed by atoms with van der Waals surface area (Å²) in [7, 11) is 0. The maximum absolute atomic E-state index is 10.4. The number of aryl methyl sites for hydroxylation is 4. The minimum atomic E-state index is -1.11. The molecule has 0 saturated carbocycles. The molecule has 0 bridgehead atoms. The van der Waals surface area contributed by atoms with E-state index in [1.54, 1.807) is 48.5 Å². The van der Waals surface area contributed by atoms with E-state index in [-0.39, 0.29) is 49.6 Å². The Balaban J connectivity index is 0.000000569. The van der Waals surface area contributed by atoms with Crippen molar-refractivity contribution in [2.75, 3.05) is 0 Å². The zero-order chi connectivity index (χ0) is 33.1. The van der Waals surface area contributed by atoms with E-state index in [0.29, 0.717) is 0 Å². The van der Waals surface area contributed by atoms with Crippen molar-refractivity contribution in [3.63, 3.8) is 0 Å². The molecule has 0 N–H and O–H groups in total. The van der Waals surface area contributed by atoms with E-state index >= 15 is 0 Å². The van der Waals surface area contributed by atoms with Crippen LogP contribution in [-0.4, -0.2) is 51.2 Å². The van der Waals surface area contributed by atoms with Gasteiger partial charge >= 0.3 is 0 Å². The first-order valence-corrected chi connectivity index (χ1v) is 14.2. The van der Waals surface area contributed by atoms with Crippen LogP contribution in [-0.2, 0) is 25.7 Å². The third-order valence-corrected chi connectivity index (χ3v) is 6.28. The summed E-state index contributed by atoms with van der Waals surface area (Å²) in [6, 6.07) is 27.2. The van der Waals surface area contributed by atoms with Crippen molar-refractivity contribution in [2.24, 2.45) is 0 Å². The zero-order valence-corrected chi connectivity index (χ0v) is 29.7. The average Bonchev–Trinajstić information content (AvgIpc) is 3.05. The molecule has 4 aromatic rings. The van der Waals surface area contributed by atoms with Crippen molar-refractivity contribution < 1.29 is 39.6 Å². The van der Waals surface area contributed by atoms with E-state index in [2.05, 4.69) is 0 Å². The van der Waals surface area contributed by atoms with E-state index in [1.807, 2.05) is 52.0 Å². The minimum Gasteiger partial charge on any atom is -0.545 e. The van der Waals surface area contributed by atoms with Crippen LogP contribution in [0.4, 0.5) is 0 Å². The summed E-state index contributed by atoms with van der Waals surface area (Å²) in [4.78, 5) is 41.4. The van der Waals surface area contributed by atoms with E-state index in [0.717, 1.165) is 47.9 Å². The van der Waals surface area contributed by atoms with Crippen molar-refractivity contribution in [2.45, 2.75) is 53.4 Å². The molecule has 0 saturated heterocycles. The van der Waals surface area contributed by atoms with Crippen LogP contribution in [0.25, 0.3) is 0 Å². The number of carboxylic acids is 4. The van der Waals surface area contributed by atoms with Gasteiger partial charge in [0.15, 0.2) is 0 Å². The summed E-state index contributed by atoms with van der Waals surface area (Å²) in [5.74, 6) is -4.44. The van der Waals surface area contributed by atoms with Crippen LogP contribution in [0, 0.1) is 0 Å². The number of hydrogen-bond acceptors (Lipinski definition) is 8. The second-order valence-corrected chi connectivity index (χ2v) is 9.37. The van der Waals surface area contributed by atoms with Gasteiger partial charge in [-0.05, 0) is 94.5 Å². The van der Waals surface area contributed by atoms with E-state index in [1.165, 1.54) is 24.3 Å². The number of benzene rings is 4. The van der Waals surface area contributed by atoms with E-state index in [4.69, 9.17) is 0 Å². The van der Waals surface area contributed by atoms with Gasteiger partial charge in [0, 0.05) is 27.3 Å². The molecule has 0 aromatic heterocycles. The van der Waals surface area contributed by atoms with Gasteiger partial charge < -0.3 is 39.6 Å². The molecule has 8 nitrogen and oxygen atoms in total. The maximum atomic E-state index is 10.4. The minimum absolute atomic E-state index is 0. The van der Waals surface area contributed by atoms with Gasteiger partial charge in [-0.15, -0.1) is 0 Å². The molecule has 9 heteroatoms. The standard InChI is InChI=1S/4C9H10O2.Pb/c4*1-2-7-4-3-5-8(6-7)9(10)11;/h4*3-6H,2H2,1H3,(H,10,11);/p-4. The van der Waals surface area contributed by atoms with E-state index < -0.39 is 23.9 Å². The van der Waals surface area contributed by atoms with Crippen LogP contribution in [0.1, 0.15) is 91.4 Å². The first-order valence-electron chi connectivity index (χ1n) is 14.2. The van der Waals surface area contributed by atoms with Crippen molar-refractivity contribution in [1.82, 2.24) is 0 Å². The first-order chi connectivity index (χ1) is 20.9. The van der Waals surface area contributed by atoms with Crippen LogP contribution < -0.4 is 20.4 Å². The summed E-state index contributed by atoms with van der Waals surface area (Å²) in [6.07, 6.45) is 3.39. The van der Waals surface area contributed by atoms with Crippen LogP contribution >= 0.6 is 0 Å². The molecule has 4 rings (SSSR count). The second-order valence-electron chi connectivity index (χ2n) is 9.37. The van der Waals surface area contributed by atoms with Crippen LogP contribution in [0.5, 0.6) is 0 Å². The Morgan fingerprint density at radius 2 is 0.578 bits per heavy atom. The fraction of sp³-hybridized carbons (Fsp3) is 0.222. The molecule has 236 valence electrons. The molecule has 0 amide bonds. The number of carbonyl (C=O) groups is 4. The Morgan fingerprint density at radius 1 is 0.400 bits per heavy atom. The Labute approximate surface area is 284 Å². The second kappa shape index (κ2) is 22.2. The van der Waals surface area contributed by atoms with Gasteiger partial charge in [-0.1, -0.05) is 100 Å². The van der Waals surface area contributed by atoms with Crippen LogP contribution in [0.3, 0.4) is 0 Å². The van der Waals surface area contributed by atoms with Gasteiger partial charge in [0.2, 0.25) is 0 Å². The molecule has 0 aliphatic carbocycles. The van der Waals surface area contributed by atoms with Gasteiger partial charge in [0.1, 0.15) is 0 Å². The third-order valence-electron chi connectivity index (χ3n) is 6.28. The monoisotopic (exact) mass is 804 g/mol. The Hall–Kier alpha value is -4.32. The number of hydrogen-bond donors (Lipinski definition) is 0. The van der Waals surface area contributed by atoms with Crippen LogP contribution in [0.15, 0.2) is 97.1 Å². The Morgan fingerprint density at radius 3 is 0.711 bits per heavy atom. The molecule has 0 aliphatic rings. The number of carbonyl (C=O) groups excluding carboxylic acids is 4. The van der Waals surface area contributed by atoms with Crippen LogP contribution in [0.2, 0.25) is 0 Å². The quantitative estimate of drug-likeness (QED) is 0.245. The molecule has 0 unspecified atom stereocenters. The molecule has 4 aromatic carbocycles. The molecule has 0 aliphatic heterocycles. The summed E-state index contributed by atoms with van der Waals surface area (Å²) in [6.45, 7) is 7.92. The molecule has 0 atom stereocenters. The topological polar surface area (TPSA) is 161 Å². The van der Waals surface area contributed by atoms with Gasteiger partial charge in [-0.2, -0.15) is 0 Å². The number of rotatable bonds is 8. The first kappa shape index (κ1) is 40.7. The molecule has 4 radical (unpaired) electrons. The third kappa shape index (κ3) is 15.8. The molecular weight excluding hydrogens is 768 g/mol. The Kier molecular flexibility index (Phi) is 20.1. The average molecular weight is 804 g/mol. The Bertz CT molecular complexity index is 1300. The molecular formula is C36H36O8Pb-4. The maximum Gasteiger partial charge on any atom is 0.0715 e. The molecule has 0 fully saturated rings. The number of aromatic carboxylic acids is 4. The van der Waals surface area contributed by atoms with Crippen molar-refractivity contribution >= 4 is 51.2 Å². The predicted octanol–water partition coefficient (Wildman–Crippen LogP) is 2.07. The fourth-order valence-electron chi connectivity index (χ4n) is 3.67. The van der Waals surface area contributed by atoms with Crippen molar-refractivity contribution in [3.05, 3.63) is 142 Å². The molecule has 0 spiro atoms. The van der Waals surface area contributed by atoms with Gasteiger partial charge in [0.05, 0.1) is 23.9 Å². The SMILES string of the molecule is CCc1cccc(C(=O)[O-])c1.CCc1cccc(C(=O)[O-])c1.CCc1cccc(C(=O)[O-])c1.CCc1cccc(C(=O)[O-])c1.[Pb]. The van der Waals surface area contributed by atoms with Crippen molar-refractivity contribution in [3.8, 4) is 0 Å². The largest absolute Gasteiger partial charge is 0.545 e. The fourth-order valence-corrected chi connectivity index (χ4v) is 3.67. The van der Waals surface area contributed by atoms with Gasteiger partial charge in [0.25, 0.3) is 0 Å². The normalized spacial score (nSPS) is 9.33. The number of carboxylic acid groups (broad SMARTS) is 4. The smallest absolute Gasteiger partial charge is 0.0715 e. The van der Waals surface area contributed by atoms with E-state index in [9.17, 15) is 39.6 Å². The zero-order valence-electron chi connectivity index (χ0n) is 25.8. The van der Waals surface area contributed by atoms with Gasteiger partial charge in [-0.25, -0.2) is 0 Å². The van der Waals surface area contributed by atoms with Gasteiger partial charge in [-0.3, -0.25) is 0 Å². The molecule has 45 heavy (non-hydrogen) atoms. The summed E-state index contributed by atoms with van der Waals surface area (Å²) >= 11 is 0. The predicted molar refractivity (Wildman–Crippen MR) is 166 cm³/mol. The molecule has 0 heterocycles. The summed E-state index contributed by atoms with van der Waals surface area (Å²) in [5, 5.41) is 41.4. The summed E-state index contributed by atoms with van der Waals surface area (Å²) in [5.41, 5.74) is 5.10. The van der Waals surface area contributed by atoms with Crippen molar-refractivity contribution in [1.29, 1.82) is 0 Å².